The largest absolute Gasteiger partial charge is 0.381 e. The minimum Gasteiger partial charge on any atom is -0.381 e. The standard InChI is InChI=1S/C19H33N3O6S2/c1-6-18(2,3)12-22-30(25,26)15-7-8-16(17(9-15)29(20,23)24)21-10-14-11-28-19(4,5)13-27-14/h7-9,14,21-22H,6,10-13H2,1-5H3,(H2,20,23,24). The number of nitrogens with two attached hydrogens (primary N) is 1. The van der Waals surface area contributed by atoms with Crippen molar-refractivity contribution in [3.8, 4) is 0 Å². The molecule has 0 radical (unpaired) electrons. The molecule has 0 spiro atoms. The van der Waals surface area contributed by atoms with Crippen molar-refractivity contribution in [1.29, 1.82) is 0 Å². The van der Waals surface area contributed by atoms with Gasteiger partial charge in [-0.05, 0) is 43.9 Å². The maximum absolute atomic E-state index is 12.6. The van der Waals surface area contributed by atoms with Crippen LogP contribution in [0.15, 0.2) is 28.0 Å². The molecule has 1 aromatic rings. The topological polar surface area (TPSA) is 137 Å². The number of anilines is 1. The predicted octanol–water partition coefficient (Wildman–Crippen LogP) is 1.65. The van der Waals surface area contributed by atoms with Crippen LogP contribution >= 0.6 is 0 Å². The molecule has 0 saturated carbocycles. The highest BCUT2D eigenvalue weighted by Crippen LogP contribution is 2.26. The van der Waals surface area contributed by atoms with E-state index in [9.17, 15) is 16.8 Å². The number of benzene rings is 1. The van der Waals surface area contributed by atoms with E-state index in [0.29, 0.717) is 13.2 Å². The molecule has 1 heterocycles. The maximum Gasteiger partial charge on any atom is 0.240 e. The number of sulfonamides is 2. The lowest BCUT2D eigenvalue weighted by molar-refractivity contribution is -0.170. The Kier molecular flexibility index (Phi) is 7.58. The van der Waals surface area contributed by atoms with Gasteiger partial charge < -0.3 is 14.8 Å². The summed E-state index contributed by atoms with van der Waals surface area (Å²) >= 11 is 0. The number of nitrogens with one attached hydrogen (secondary N) is 2. The highest BCUT2D eigenvalue weighted by molar-refractivity contribution is 7.90. The van der Waals surface area contributed by atoms with Crippen molar-refractivity contribution in [2.45, 2.75) is 62.5 Å². The van der Waals surface area contributed by atoms with Crippen molar-refractivity contribution in [3.05, 3.63) is 18.2 Å². The van der Waals surface area contributed by atoms with Gasteiger partial charge in [0, 0.05) is 13.1 Å². The molecule has 1 aromatic carbocycles. The maximum atomic E-state index is 12.6. The van der Waals surface area contributed by atoms with Crippen molar-refractivity contribution < 1.29 is 26.3 Å². The van der Waals surface area contributed by atoms with Crippen LogP contribution in [0, 0.1) is 5.41 Å². The van der Waals surface area contributed by atoms with Crippen molar-refractivity contribution >= 4 is 25.7 Å². The van der Waals surface area contributed by atoms with Gasteiger partial charge in [0.25, 0.3) is 0 Å². The third-order valence-corrected chi connectivity index (χ3v) is 7.46. The second-order valence-corrected chi connectivity index (χ2v) is 12.2. The van der Waals surface area contributed by atoms with Gasteiger partial charge in [-0.3, -0.25) is 0 Å². The molecule has 0 aromatic heterocycles. The van der Waals surface area contributed by atoms with E-state index >= 15 is 0 Å². The quantitative estimate of drug-likeness (QED) is 0.506. The van der Waals surface area contributed by atoms with Crippen LogP contribution in [0.3, 0.4) is 0 Å². The minimum atomic E-state index is -4.16. The molecule has 0 amide bonds. The Hall–Kier alpha value is -1.24. The zero-order valence-electron chi connectivity index (χ0n) is 18.2. The summed E-state index contributed by atoms with van der Waals surface area (Å²) in [5.74, 6) is 0. The Morgan fingerprint density at radius 1 is 1.23 bits per heavy atom. The molecular formula is C19H33N3O6S2. The summed E-state index contributed by atoms with van der Waals surface area (Å²) in [6, 6.07) is 3.81. The lowest BCUT2D eigenvalue weighted by Crippen LogP contribution is -2.44. The van der Waals surface area contributed by atoms with E-state index in [1.807, 2.05) is 34.6 Å². The Labute approximate surface area is 179 Å². The molecule has 2 rings (SSSR count). The fourth-order valence-corrected chi connectivity index (χ4v) is 4.70. The first-order chi connectivity index (χ1) is 13.7. The van der Waals surface area contributed by atoms with E-state index in [0.717, 1.165) is 12.5 Å². The van der Waals surface area contributed by atoms with Gasteiger partial charge in [0.2, 0.25) is 20.0 Å². The number of hydrogen-bond donors (Lipinski definition) is 3. The molecule has 0 bridgehead atoms. The van der Waals surface area contributed by atoms with Gasteiger partial charge in [0.1, 0.15) is 4.90 Å². The van der Waals surface area contributed by atoms with Crippen LogP contribution in [0.4, 0.5) is 5.69 Å². The number of primary sulfonamides is 1. The molecule has 9 nitrogen and oxygen atoms in total. The predicted molar refractivity (Wildman–Crippen MR) is 115 cm³/mol. The van der Waals surface area contributed by atoms with E-state index in [1.54, 1.807) is 0 Å². The summed E-state index contributed by atoms with van der Waals surface area (Å²) in [5.41, 5.74) is -0.384. The van der Waals surface area contributed by atoms with E-state index in [2.05, 4.69) is 10.0 Å². The monoisotopic (exact) mass is 463 g/mol. The number of ether oxygens (including phenoxy) is 2. The van der Waals surface area contributed by atoms with Gasteiger partial charge in [-0.15, -0.1) is 0 Å². The van der Waals surface area contributed by atoms with Crippen molar-refractivity contribution in [2.75, 3.05) is 31.6 Å². The molecule has 11 heteroatoms. The molecular weight excluding hydrogens is 430 g/mol. The molecule has 172 valence electrons. The van der Waals surface area contributed by atoms with Gasteiger partial charge in [-0.25, -0.2) is 26.7 Å². The zero-order chi connectivity index (χ0) is 22.8. The van der Waals surface area contributed by atoms with Crippen LogP contribution in [0.25, 0.3) is 0 Å². The lowest BCUT2D eigenvalue weighted by Gasteiger charge is -2.35. The van der Waals surface area contributed by atoms with Crippen molar-refractivity contribution in [1.82, 2.24) is 4.72 Å². The number of hydrogen-bond acceptors (Lipinski definition) is 7. The van der Waals surface area contributed by atoms with Gasteiger partial charge in [-0.1, -0.05) is 20.8 Å². The summed E-state index contributed by atoms with van der Waals surface area (Å²) < 4.78 is 63.4. The first kappa shape index (κ1) is 25.0. The third-order valence-electron chi connectivity index (χ3n) is 5.11. The van der Waals surface area contributed by atoms with Crippen molar-refractivity contribution in [3.63, 3.8) is 0 Å². The highest BCUT2D eigenvalue weighted by Gasteiger charge is 2.29. The molecule has 1 saturated heterocycles. The molecule has 1 atom stereocenters. The zero-order valence-corrected chi connectivity index (χ0v) is 19.8. The minimum absolute atomic E-state index is 0.164. The van der Waals surface area contributed by atoms with E-state index in [4.69, 9.17) is 14.6 Å². The Balaban J connectivity index is 2.19. The second-order valence-electron chi connectivity index (χ2n) is 8.93. The Morgan fingerprint density at radius 2 is 1.90 bits per heavy atom. The average molecular weight is 464 g/mol. The van der Waals surface area contributed by atoms with E-state index in [1.165, 1.54) is 12.1 Å². The smallest absolute Gasteiger partial charge is 0.240 e. The van der Waals surface area contributed by atoms with Crippen LogP contribution in [0.2, 0.25) is 0 Å². The highest BCUT2D eigenvalue weighted by atomic mass is 32.2. The first-order valence-corrected chi connectivity index (χ1v) is 12.8. The summed E-state index contributed by atoms with van der Waals surface area (Å²) in [7, 11) is -8.06. The van der Waals surface area contributed by atoms with Gasteiger partial charge in [-0.2, -0.15) is 0 Å². The van der Waals surface area contributed by atoms with Gasteiger partial charge >= 0.3 is 0 Å². The van der Waals surface area contributed by atoms with Crippen LogP contribution in [-0.2, 0) is 29.5 Å². The summed E-state index contributed by atoms with van der Waals surface area (Å²) in [5, 5.41) is 8.32. The Morgan fingerprint density at radius 3 is 2.43 bits per heavy atom. The SMILES string of the molecule is CCC(C)(C)CNS(=O)(=O)c1ccc(NCC2COC(C)(C)CO2)c(S(N)(=O)=O)c1. The molecule has 1 aliphatic heterocycles. The van der Waals surface area contributed by atoms with Crippen LogP contribution in [-0.4, -0.2) is 54.8 Å². The molecule has 4 N–H and O–H groups in total. The van der Waals surface area contributed by atoms with Gasteiger partial charge in [0.15, 0.2) is 0 Å². The van der Waals surface area contributed by atoms with E-state index in [-0.39, 0.29) is 45.7 Å². The van der Waals surface area contributed by atoms with Crippen LogP contribution in [0.5, 0.6) is 0 Å². The molecule has 30 heavy (non-hydrogen) atoms. The summed E-state index contributed by atoms with van der Waals surface area (Å²) in [6.45, 7) is 11.0. The van der Waals surface area contributed by atoms with Crippen LogP contribution < -0.4 is 15.2 Å². The first-order valence-electron chi connectivity index (χ1n) is 9.81. The molecule has 0 aliphatic carbocycles. The molecule has 1 fully saturated rings. The van der Waals surface area contributed by atoms with Crippen LogP contribution in [0.1, 0.15) is 41.0 Å². The fourth-order valence-electron chi connectivity index (χ4n) is 2.62. The lowest BCUT2D eigenvalue weighted by atomic mass is 9.91. The van der Waals surface area contributed by atoms with Gasteiger partial charge in [0.05, 0.1) is 35.5 Å². The third kappa shape index (κ3) is 6.89. The summed E-state index contributed by atoms with van der Waals surface area (Å²) in [4.78, 5) is -0.458. The normalized spacial score (nSPS) is 20.1. The van der Waals surface area contributed by atoms with Crippen molar-refractivity contribution in [2.24, 2.45) is 10.6 Å². The fraction of sp³-hybridized carbons (Fsp3) is 0.684. The second kappa shape index (κ2) is 9.09. The average Bonchev–Trinajstić information content (AvgIpc) is 2.65. The summed E-state index contributed by atoms with van der Waals surface area (Å²) in [6.07, 6.45) is 0.512. The Bertz CT molecular complexity index is 948. The van der Waals surface area contributed by atoms with E-state index < -0.39 is 20.0 Å². The number of rotatable bonds is 9. The molecule has 1 unspecified atom stereocenters. The molecule has 1 aliphatic rings.